The maximum atomic E-state index is 2.79. The van der Waals surface area contributed by atoms with Gasteiger partial charge in [0.15, 0.2) is 0 Å². The molecule has 13 rings (SSSR count). The lowest BCUT2D eigenvalue weighted by atomic mass is 9.33. The lowest BCUT2D eigenvalue weighted by molar-refractivity contribution is 0.195. The Labute approximate surface area is 395 Å². The summed E-state index contributed by atoms with van der Waals surface area (Å²) in [6.45, 7) is 5.17. The van der Waals surface area contributed by atoms with Crippen molar-refractivity contribution < 1.29 is 0 Å². The molecule has 1 fully saturated rings. The maximum absolute atomic E-state index is 2.79. The van der Waals surface area contributed by atoms with Crippen LogP contribution in [0.4, 0.5) is 45.5 Å². The van der Waals surface area contributed by atoms with Gasteiger partial charge in [-0.3, -0.25) is 0 Å². The second-order valence-corrected chi connectivity index (χ2v) is 19.6. The van der Waals surface area contributed by atoms with Crippen LogP contribution >= 0.6 is 0 Å². The number of para-hydroxylation sites is 2. The summed E-state index contributed by atoms with van der Waals surface area (Å²) in [4.78, 5) is 7.95. The Bertz CT molecular complexity index is 3330. The lowest BCUT2D eigenvalue weighted by Crippen LogP contribution is -2.61. The summed E-state index contributed by atoms with van der Waals surface area (Å²) in [5.41, 5.74) is 22.7. The van der Waals surface area contributed by atoms with Crippen molar-refractivity contribution in [2.45, 2.75) is 56.9 Å². The topological polar surface area (TPSA) is 9.72 Å². The summed E-state index contributed by atoms with van der Waals surface area (Å²) in [7, 11) is 0. The third kappa shape index (κ3) is 6.19. The Hall–Kier alpha value is -7.56. The van der Waals surface area contributed by atoms with Gasteiger partial charge in [-0.05, 0) is 136 Å². The largest absolute Gasteiger partial charge is 0.334 e. The predicted octanol–water partition coefficient (Wildman–Crippen LogP) is 14.4. The van der Waals surface area contributed by atoms with Crippen LogP contribution in [0.2, 0.25) is 0 Å². The fourth-order valence-electron chi connectivity index (χ4n) is 12.6. The van der Waals surface area contributed by atoms with Gasteiger partial charge in [0.2, 0.25) is 0 Å². The van der Waals surface area contributed by atoms with Gasteiger partial charge in [-0.25, -0.2) is 0 Å². The van der Waals surface area contributed by atoms with Crippen LogP contribution in [0.3, 0.4) is 0 Å². The van der Waals surface area contributed by atoms with Gasteiger partial charge in [0.1, 0.15) is 0 Å². The van der Waals surface area contributed by atoms with Crippen molar-refractivity contribution in [3.63, 3.8) is 0 Å². The first-order chi connectivity index (χ1) is 33.0. The van der Waals surface area contributed by atoms with Crippen LogP contribution in [-0.4, -0.2) is 12.3 Å². The van der Waals surface area contributed by atoms with Crippen LogP contribution in [0.1, 0.15) is 56.2 Å². The van der Waals surface area contributed by atoms with Gasteiger partial charge in [-0.2, -0.15) is 0 Å². The summed E-state index contributed by atoms with van der Waals surface area (Å²) in [5, 5.41) is 0. The highest BCUT2D eigenvalue weighted by atomic mass is 15.3. The van der Waals surface area contributed by atoms with E-state index in [0.717, 1.165) is 24.2 Å². The smallest absolute Gasteiger partial charge is 0.252 e. The summed E-state index contributed by atoms with van der Waals surface area (Å²) < 4.78 is 0. The van der Waals surface area contributed by atoms with E-state index in [0.29, 0.717) is 0 Å². The van der Waals surface area contributed by atoms with Crippen molar-refractivity contribution in [1.82, 2.24) is 0 Å². The number of hydrogen-bond acceptors (Lipinski definition) is 3. The minimum absolute atomic E-state index is 0.0190. The van der Waals surface area contributed by atoms with Crippen molar-refractivity contribution >= 4 is 68.6 Å². The van der Waals surface area contributed by atoms with Gasteiger partial charge in [0, 0.05) is 50.9 Å². The van der Waals surface area contributed by atoms with Crippen molar-refractivity contribution in [3.8, 4) is 22.3 Å². The third-order valence-corrected chi connectivity index (χ3v) is 16.0. The standard InChI is InChI=1S/C63H52BN3/c1-62-36-17-18-37-63(62,2)67(56-35-32-45(39-53(56)62)38-44-20-7-3-8-21-44)52-42-59-61-60(43-52)66(51-29-19-26-48(40-51)46-22-9-4-10-23-46)58-41-49(47-24-11-5-12-25-47)33-34-55(58)64(61)54-30-15-16-31-57(54)65(59)50-27-13-6-14-28-50/h3-16,19-35,39-43H,17-18,36-38H2,1-2H3. The Kier molecular flexibility index (Phi) is 9.22. The molecule has 9 aromatic carbocycles. The zero-order chi connectivity index (χ0) is 44.7. The summed E-state index contributed by atoms with van der Waals surface area (Å²) in [5.74, 6) is 0. The molecule has 4 heteroatoms. The quantitative estimate of drug-likeness (QED) is 0.148. The molecule has 1 saturated carbocycles. The summed E-state index contributed by atoms with van der Waals surface area (Å²) in [6.07, 6.45) is 5.67. The highest BCUT2D eigenvalue weighted by molar-refractivity contribution is 7.00. The third-order valence-electron chi connectivity index (χ3n) is 16.0. The molecule has 2 atom stereocenters. The van der Waals surface area contributed by atoms with Crippen LogP contribution < -0.4 is 31.1 Å². The molecular weight excluding hydrogens is 810 g/mol. The molecule has 0 N–H and O–H groups in total. The molecule has 0 amide bonds. The van der Waals surface area contributed by atoms with E-state index in [1.165, 1.54) is 109 Å². The van der Waals surface area contributed by atoms with E-state index in [4.69, 9.17) is 0 Å². The fourth-order valence-corrected chi connectivity index (χ4v) is 12.6. The number of fused-ring (bicyclic) bond motifs is 7. The number of hydrogen-bond donors (Lipinski definition) is 0. The van der Waals surface area contributed by atoms with E-state index in [1.807, 2.05) is 0 Å². The minimum Gasteiger partial charge on any atom is -0.334 e. The van der Waals surface area contributed by atoms with Gasteiger partial charge < -0.3 is 14.7 Å². The Morgan fingerprint density at radius 2 is 0.985 bits per heavy atom. The lowest BCUT2D eigenvalue weighted by Gasteiger charge is -2.51. The fraction of sp³-hybridized carbons (Fsp3) is 0.143. The van der Waals surface area contributed by atoms with E-state index >= 15 is 0 Å². The second-order valence-electron chi connectivity index (χ2n) is 19.6. The molecule has 9 aromatic rings. The molecule has 67 heavy (non-hydrogen) atoms. The van der Waals surface area contributed by atoms with Gasteiger partial charge in [-0.15, -0.1) is 0 Å². The monoisotopic (exact) mass is 861 g/mol. The molecule has 0 spiro atoms. The number of benzene rings is 9. The average molecular weight is 862 g/mol. The SMILES string of the molecule is CC12CCCCC1(C)N(c1cc3c4c(c1)N(c1cccc(-c5ccccc5)c1)c1cc(-c5ccccc5)ccc1B4c1ccccc1N3c1ccccc1)c1ccc(Cc3ccccc3)cc12. The molecule has 3 aliphatic heterocycles. The average Bonchev–Trinajstić information content (AvgIpc) is 3.59. The molecule has 0 saturated heterocycles. The van der Waals surface area contributed by atoms with Crippen molar-refractivity contribution in [1.29, 1.82) is 0 Å². The first-order valence-electron chi connectivity index (χ1n) is 24.2. The van der Waals surface area contributed by atoms with E-state index in [9.17, 15) is 0 Å². The Balaban J connectivity index is 1.10. The molecular formula is C63H52BN3. The van der Waals surface area contributed by atoms with Gasteiger partial charge in [0.25, 0.3) is 6.71 Å². The molecule has 322 valence electrons. The van der Waals surface area contributed by atoms with Crippen LogP contribution in [0.25, 0.3) is 22.3 Å². The molecule has 0 bridgehead atoms. The summed E-state index contributed by atoms with van der Waals surface area (Å²) >= 11 is 0. The van der Waals surface area contributed by atoms with Crippen LogP contribution in [0, 0.1) is 0 Å². The van der Waals surface area contributed by atoms with E-state index in [-0.39, 0.29) is 17.7 Å². The van der Waals surface area contributed by atoms with E-state index in [2.05, 4.69) is 247 Å². The summed E-state index contributed by atoms with van der Waals surface area (Å²) in [6, 6.07) is 81.9. The maximum Gasteiger partial charge on any atom is 0.252 e. The normalized spacial score (nSPS) is 18.7. The van der Waals surface area contributed by atoms with E-state index in [1.54, 1.807) is 0 Å². The van der Waals surface area contributed by atoms with Crippen molar-refractivity contribution in [2.24, 2.45) is 0 Å². The zero-order valence-electron chi connectivity index (χ0n) is 38.2. The van der Waals surface area contributed by atoms with Gasteiger partial charge in [0.05, 0.1) is 5.54 Å². The Morgan fingerprint density at radius 1 is 0.403 bits per heavy atom. The van der Waals surface area contributed by atoms with Crippen molar-refractivity contribution in [3.05, 3.63) is 235 Å². The number of nitrogens with zero attached hydrogens (tertiary/aromatic N) is 3. The second kappa shape index (κ2) is 15.5. The van der Waals surface area contributed by atoms with Crippen LogP contribution in [0.15, 0.2) is 218 Å². The van der Waals surface area contributed by atoms with Gasteiger partial charge in [-0.1, -0.05) is 184 Å². The first kappa shape index (κ1) is 39.8. The molecule has 3 heterocycles. The molecule has 4 aliphatic rings. The number of rotatable bonds is 7. The molecule has 0 aromatic heterocycles. The molecule has 1 aliphatic carbocycles. The highest BCUT2D eigenvalue weighted by Gasteiger charge is 2.58. The molecule has 2 unspecified atom stereocenters. The van der Waals surface area contributed by atoms with Crippen LogP contribution in [-0.2, 0) is 11.8 Å². The van der Waals surface area contributed by atoms with Crippen molar-refractivity contribution in [2.75, 3.05) is 14.7 Å². The Morgan fingerprint density at radius 3 is 1.72 bits per heavy atom. The molecule has 0 radical (unpaired) electrons. The van der Waals surface area contributed by atoms with Crippen LogP contribution in [0.5, 0.6) is 0 Å². The predicted molar refractivity (Wildman–Crippen MR) is 283 cm³/mol. The minimum atomic E-state index is -0.144. The first-order valence-corrected chi connectivity index (χ1v) is 24.2. The number of anilines is 8. The van der Waals surface area contributed by atoms with E-state index < -0.39 is 0 Å². The van der Waals surface area contributed by atoms with Gasteiger partial charge >= 0.3 is 0 Å². The zero-order valence-corrected chi connectivity index (χ0v) is 38.2. The molecule has 3 nitrogen and oxygen atoms in total. The highest BCUT2D eigenvalue weighted by Crippen LogP contribution is 2.62.